The molecule has 1 aliphatic heterocycles. The van der Waals surface area contributed by atoms with Gasteiger partial charge in [-0.3, -0.25) is 14.8 Å². The summed E-state index contributed by atoms with van der Waals surface area (Å²) in [5, 5.41) is 2.52. The van der Waals surface area contributed by atoms with Crippen LogP contribution in [-0.2, 0) is 18.9 Å². The van der Waals surface area contributed by atoms with Crippen molar-refractivity contribution in [1.29, 1.82) is 0 Å². The highest BCUT2D eigenvalue weighted by molar-refractivity contribution is 6.03. The summed E-state index contributed by atoms with van der Waals surface area (Å²) >= 11 is 0. The molecule has 1 saturated heterocycles. The summed E-state index contributed by atoms with van der Waals surface area (Å²) in [5.74, 6) is -0.0381. The molecule has 0 unspecified atom stereocenters. The Labute approximate surface area is 160 Å². The summed E-state index contributed by atoms with van der Waals surface area (Å²) in [6, 6.07) is 4.78. The number of hydrogen-bond acceptors (Lipinski definition) is 9. The molecule has 0 aliphatic carbocycles. The zero-order valence-corrected chi connectivity index (χ0v) is 15.1. The molecule has 0 atom stereocenters. The predicted octanol–water partition coefficient (Wildman–Crippen LogP) is 0.950. The number of pyridine rings is 1. The minimum atomic E-state index is -0.684. The van der Waals surface area contributed by atoms with Crippen LogP contribution in [0.4, 0.5) is 10.6 Å². The molecule has 0 spiro atoms. The van der Waals surface area contributed by atoms with E-state index in [1.54, 1.807) is 25.3 Å². The topological polar surface area (TPSA) is 142 Å². The van der Waals surface area contributed by atoms with Gasteiger partial charge >= 0.3 is 11.8 Å². The molecular weight excluding hydrogens is 372 g/mol. The van der Waals surface area contributed by atoms with E-state index in [1.807, 2.05) is 0 Å². The van der Waals surface area contributed by atoms with Gasteiger partial charge in [0.25, 0.3) is 5.91 Å². The number of aromatic nitrogens is 3. The lowest BCUT2D eigenvalue weighted by Gasteiger charge is -2.08. The molecule has 28 heavy (non-hydrogen) atoms. The average molecular weight is 392 g/mol. The molecule has 1 aliphatic rings. The first-order valence-electron chi connectivity index (χ1n) is 8.38. The van der Waals surface area contributed by atoms with Gasteiger partial charge in [0.2, 0.25) is 0 Å². The third-order valence-electron chi connectivity index (χ3n) is 3.14. The summed E-state index contributed by atoms with van der Waals surface area (Å²) in [4.78, 5) is 42.8. The fraction of sp³-hybridized carbons (Fsp3) is 0.353. The number of hydrogen-bond donors (Lipinski definition) is 2. The zero-order chi connectivity index (χ0) is 20.2. The van der Waals surface area contributed by atoms with Crippen LogP contribution in [0.5, 0.6) is 0 Å². The van der Waals surface area contributed by atoms with Crippen molar-refractivity contribution in [3.05, 3.63) is 52.8 Å². The minimum Gasteiger partial charge on any atom is -0.435 e. The predicted molar refractivity (Wildman–Crippen MR) is 95.7 cm³/mol. The Morgan fingerprint density at radius 3 is 2.68 bits per heavy atom. The molecule has 150 valence electrons. The van der Waals surface area contributed by atoms with Gasteiger partial charge in [0.15, 0.2) is 6.29 Å². The molecule has 2 aromatic rings. The molecule has 11 nitrogen and oxygen atoms in total. The van der Waals surface area contributed by atoms with Gasteiger partial charge in [-0.15, -0.1) is 0 Å². The molecular formula is C17H20N4O7. The van der Waals surface area contributed by atoms with Gasteiger partial charge in [0.1, 0.15) is 12.4 Å². The van der Waals surface area contributed by atoms with Gasteiger partial charge in [0.05, 0.1) is 25.4 Å². The third-order valence-corrected chi connectivity index (χ3v) is 3.14. The number of nitrogens with zero attached hydrogens (tertiary/aromatic N) is 2. The van der Waals surface area contributed by atoms with Crippen molar-refractivity contribution in [2.24, 2.45) is 0 Å². The number of carbonyl (C=O) groups is 2. The number of rotatable bonds is 5. The van der Waals surface area contributed by atoms with Gasteiger partial charge in [-0.1, -0.05) is 0 Å². The first-order valence-corrected chi connectivity index (χ1v) is 8.38. The highest BCUT2D eigenvalue weighted by Gasteiger charge is 2.18. The Bertz CT molecular complexity index is 806. The van der Waals surface area contributed by atoms with E-state index < -0.39 is 18.1 Å². The monoisotopic (exact) mass is 392 g/mol. The van der Waals surface area contributed by atoms with Crippen LogP contribution in [0.1, 0.15) is 17.3 Å². The van der Waals surface area contributed by atoms with E-state index in [-0.39, 0.29) is 12.5 Å². The zero-order valence-electron chi connectivity index (χ0n) is 15.1. The average Bonchev–Trinajstić information content (AvgIpc) is 3.22. The van der Waals surface area contributed by atoms with Gasteiger partial charge in [-0.05, 0) is 25.1 Å². The van der Waals surface area contributed by atoms with Crippen LogP contribution in [-0.4, -0.2) is 59.7 Å². The van der Waals surface area contributed by atoms with Crippen molar-refractivity contribution in [1.82, 2.24) is 15.0 Å². The van der Waals surface area contributed by atoms with Crippen molar-refractivity contribution in [3.8, 4) is 0 Å². The third kappa shape index (κ3) is 7.51. The highest BCUT2D eigenvalue weighted by Crippen LogP contribution is 2.04. The van der Waals surface area contributed by atoms with Crippen molar-refractivity contribution < 1.29 is 28.5 Å². The van der Waals surface area contributed by atoms with Crippen molar-refractivity contribution in [2.75, 3.05) is 31.7 Å². The van der Waals surface area contributed by atoms with Crippen molar-refractivity contribution in [3.63, 3.8) is 0 Å². The van der Waals surface area contributed by atoms with E-state index in [0.29, 0.717) is 31.2 Å². The normalized spacial score (nSPS) is 13.2. The maximum absolute atomic E-state index is 11.6. The molecule has 2 aromatic heterocycles. The fourth-order valence-corrected chi connectivity index (χ4v) is 1.93. The second-order valence-corrected chi connectivity index (χ2v) is 5.15. The molecule has 0 aromatic carbocycles. The van der Waals surface area contributed by atoms with Crippen molar-refractivity contribution in [2.45, 2.75) is 13.2 Å². The van der Waals surface area contributed by atoms with E-state index in [0.717, 1.165) is 0 Å². The van der Waals surface area contributed by atoms with Crippen LogP contribution in [0.15, 0.2) is 41.6 Å². The van der Waals surface area contributed by atoms with E-state index in [2.05, 4.69) is 29.7 Å². The highest BCUT2D eigenvalue weighted by atomic mass is 16.8. The molecule has 2 N–H and O–H groups in total. The molecule has 0 saturated carbocycles. The van der Waals surface area contributed by atoms with Crippen LogP contribution < -0.4 is 11.0 Å². The van der Waals surface area contributed by atoms with E-state index >= 15 is 0 Å². The summed E-state index contributed by atoms with van der Waals surface area (Å²) in [6.45, 7) is 3.22. The van der Waals surface area contributed by atoms with Gasteiger partial charge in [-0.25, -0.2) is 14.6 Å². The standard InChI is InChI=1S/C10H8N4O2.C7H12O5/c15-9(7-2-1-4-11-6-7)13-8-3-5-12-10(16)14-8;1-2-9-7(8)12-5-6-10-3-4-11-6/h1-6H,(H2,12,13,14,15,16);6H,2-5H2,1H3. The van der Waals surface area contributed by atoms with Crippen LogP contribution in [0, 0.1) is 0 Å². The number of anilines is 1. The van der Waals surface area contributed by atoms with Crippen LogP contribution in [0.25, 0.3) is 0 Å². The van der Waals surface area contributed by atoms with Crippen LogP contribution in [0.3, 0.4) is 0 Å². The molecule has 3 rings (SSSR count). The molecule has 0 radical (unpaired) electrons. The molecule has 1 amide bonds. The number of nitrogens with one attached hydrogen (secondary N) is 2. The second-order valence-electron chi connectivity index (χ2n) is 5.15. The molecule has 0 bridgehead atoms. The molecule has 3 heterocycles. The van der Waals surface area contributed by atoms with E-state index in [4.69, 9.17) is 9.47 Å². The maximum atomic E-state index is 11.6. The Morgan fingerprint density at radius 1 is 1.25 bits per heavy atom. The second kappa shape index (κ2) is 11.4. The smallest absolute Gasteiger partial charge is 0.435 e. The minimum absolute atomic E-state index is 0.0961. The number of ether oxygens (including phenoxy) is 4. The number of aromatic amines is 1. The van der Waals surface area contributed by atoms with Crippen LogP contribution in [0.2, 0.25) is 0 Å². The Balaban J connectivity index is 0.000000209. The summed E-state index contributed by atoms with van der Waals surface area (Å²) in [6.07, 6.45) is 3.23. The van der Waals surface area contributed by atoms with E-state index in [1.165, 1.54) is 18.5 Å². The number of carbonyl (C=O) groups excluding carboxylic acids is 2. The van der Waals surface area contributed by atoms with Gasteiger partial charge < -0.3 is 24.3 Å². The summed E-state index contributed by atoms with van der Waals surface area (Å²) in [5.41, 5.74) is -0.0934. The first-order chi connectivity index (χ1) is 13.6. The van der Waals surface area contributed by atoms with Gasteiger partial charge in [0, 0.05) is 18.6 Å². The SMILES string of the molecule is CCOC(=O)OCC1OCCO1.O=C(Nc1ccnc(=O)[nH]1)c1cccnc1. The Hall–Kier alpha value is -3.31. The maximum Gasteiger partial charge on any atom is 0.508 e. The quantitative estimate of drug-likeness (QED) is 0.711. The molecule has 1 fully saturated rings. The lowest BCUT2D eigenvalue weighted by Crippen LogP contribution is -2.19. The van der Waals surface area contributed by atoms with Crippen LogP contribution >= 0.6 is 0 Å². The summed E-state index contributed by atoms with van der Waals surface area (Å²) in [7, 11) is 0. The number of H-pyrrole nitrogens is 1. The number of amides is 1. The fourth-order valence-electron chi connectivity index (χ4n) is 1.93. The summed E-state index contributed by atoms with van der Waals surface area (Å²) < 4.78 is 19.2. The van der Waals surface area contributed by atoms with Crippen molar-refractivity contribution >= 4 is 17.9 Å². The lowest BCUT2D eigenvalue weighted by molar-refractivity contribution is -0.0864. The largest absolute Gasteiger partial charge is 0.508 e. The lowest BCUT2D eigenvalue weighted by atomic mass is 10.3. The van der Waals surface area contributed by atoms with E-state index in [9.17, 15) is 14.4 Å². The first kappa shape index (κ1) is 21.0. The Morgan fingerprint density at radius 2 is 2.04 bits per heavy atom. The Kier molecular flexibility index (Phi) is 8.56. The molecule has 11 heteroatoms. The van der Waals surface area contributed by atoms with Gasteiger partial charge in [-0.2, -0.15) is 0 Å².